The summed E-state index contributed by atoms with van der Waals surface area (Å²) in [5.74, 6) is 0. The average molecular weight is 235 g/mol. The molecule has 0 saturated carbocycles. The highest BCUT2D eigenvalue weighted by Gasteiger charge is 2.07. The first kappa shape index (κ1) is 11.2. The van der Waals surface area contributed by atoms with Crippen LogP contribution in [0.2, 0.25) is 0 Å². The van der Waals surface area contributed by atoms with Gasteiger partial charge in [-0.2, -0.15) is 0 Å². The summed E-state index contributed by atoms with van der Waals surface area (Å²) >= 11 is 1.53. The van der Waals surface area contributed by atoms with E-state index in [1.165, 1.54) is 11.8 Å². The minimum Gasteiger partial charge on any atom is -0.392 e. The predicted octanol–water partition coefficient (Wildman–Crippen LogP) is 1.77. The Balaban J connectivity index is 2.25. The number of aryl methyl sites for hydroxylation is 2. The molecular formula is C11H13N3OS. The van der Waals surface area contributed by atoms with E-state index in [0.717, 1.165) is 21.3 Å². The van der Waals surface area contributed by atoms with Gasteiger partial charge < -0.3 is 9.67 Å². The predicted molar refractivity (Wildman–Crippen MR) is 62.2 cm³/mol. The average Bonchev–Trinajstić information content (AvgIpc) is 2.67. The molecule has 16 heavy (non-hydrogen) atoms. The molecular weight excluding hydrogens is 222 g/mol. The Bertz CT molecular complexity index is 496. The maximum Gasteiger partial charge on any atom is 0.174 e. The number of aromatic nitrogens is 3. The van der Waals surface area contributed by atoms with Gasteiger partial charge in [0.1, 0.15) is 5.03 Å². The van der Waals surface area contributed by atoms with E-state index in [2.05, 4.69) is 9.97 Å². The van der Waals surface area contributed by atoms with Crippen LogP contribution in [0.15, 0.2) is 34.8 Å². The van der Waals surface area contributed by atoms with Crippen LogP contribution in [0.1, 0.15) is 11.1 Å². The van der Waals surface area contributed by atoms with Gasteiger partial charge in [0.05, 0.1) is 6.61 Å². The van der Waals surface area contributed by atoms with Crippen molar-refractivity contribution in [2.45, 2.75) is 23.7 Å². The lowest BCUT2D eigenvalue weighted by atomic mass is 10.2. The summed E-state index contributed by atoms with van der Waals surface area (Å²) in [6.07, 6.45) is 5.36. The van der Waals surface area contributed by atoms with Crippen molar-refractivity contribution in [3.8, 4) is 0 Å². The maximum absolute atomic E-state index is 8.99. The lowest BCUT2D eigenvalue weighted by molar-refractivity contribution is 0.281. The van der Waals surface area contributed by atoms with Crippen molar-refractivity contribution in [3.05, 3.63) is 35.8 Å². The number of aliphatic hydroxyl groups excluding tert-OH is 1. The Morgan fingerprint density at radius 3 is 2.81 bits per heavy atom. The van der Waals surface area contributed by atoms with Crippen LogP contribution in [0.25, 0.3) is 0 Å². The van der Waals surface area contributed by atoms with E-state index in [0.29, 0.717) is 0 Å². The van der Waals surface area contributed by atoms with Crippen molar-refractivity contribution in [1.82, 2.24) is 14.5 Å². The molecule has 0 unspecified atom stereocenters. The fraction of sp³-hybridized carbons (Fsp3) is 0.273. The molecule has 0 aromatic carbocycles. The van der Waals surface area contributed by atoms with Crippen LogP contribution in [0.4, 0.5) is 0 Å². The number of hydrogen-bond acceptors (Lipinski definition) is 4. The van der Waals surface area contributed by atoms with Crippen LogP contribution in [0.3, 0.4) is 0 Å². The molecule has 0 atom stereocenters. The van der Waals surface area contributed by atoms with Gasteiger partial charge in [0.15, 0.2) is 5.16 Å². The quantitative estimate of drug-likeness (QED) is 0.881. The highest BCUT2D eigenvalue weighted by atomic mass is 32.2. The third kappa shape index (κ3) is 2.25. The summed E-state index contributed by atoms with van der Waals surface area (Å²) in [5, 5.41) is 10.8. The fourth-order valence-electron chi connectivity index (χ4n) is 1.35. The summed E-state index contributed by atoms with van der Waals surface area (Å²) in [6.45, 7) is 2.01. The van der Waals surface area contributed by atoms with Crippen LogP contribution < -0.4 is 0 Å². The van der Waals surface area contributed by atoms with Gasteiger partial charge in [-0.3, -0.25) is 0 Å². The number of hydrogen-bond donors (Lipinski definition) is 1. The first-order valence-electron chi connectivity index (χ1n) is 4.92. The molecule has 5 heteroatoms. The van der Waals surface area contributed by atoms with Crippen LogP contribution >= 0.6 is 11.8 Å². The lowest BCUT2D eigenvalue weighted by Gasteiger charge is -2.05. The van der Waals surface area contributed by atoms with E-state index >= 15 is 0 Å². The molecule has 0 aliphatic heterocycles. The van der Waals surface area contributed by atoms with Crippen LogP contribution in [-0.2, 0) is 13.7 Å². The van der Waals surface area contributed by atoms with Crippen molar-refractivity contribution in [3.63, 3.8) is 0 Å². The lowest BCUT2D eigenvalue weighted by Crippen LogP contribution is -1.94. The van der Waals surface area contributed by atoms with E-state index in [-0.39, 0.29) is 6.61 Å². The largest absolute Gasteiger partial charge is 0.392 e. The van der Waals surface area contributed by atoms with Gasteiger partial charge in [-0.15, -0.1) is 0 Å². The van der Waals surface area contributed by atoms with Gasteiger partial charge in [0.25, 0.3) is 0 Å². The molecule has 0 amide bonds. The standard InChI is InChI=1S/C11H13N3OS/c1-8-5-9(7-15)6-13-10(8)16-11-12-3-4-14(11)2/h3-6,15H,7H2,1-2H3. The first-order valence-corrected chi connectivity index (χ1v) is 5.74. The number of pyridine rings is 1. The van der Waals surface area contributed by atoms with E-state index in [9.17, 15) is 0 Å². The van der Waals surface area contributed by atoms with Crippen molar-refractivity contribution >= 4 is 11.8 Å². The summed E-state index contributed by atoms with van der Waals surface area (Å²) in [7, 11) is 1.95. The van der Waals surface area contributed by atoms with E-state index in [4.69, 9.17) is 5.11 Å². The Hall–Kier alpha value is -1.33. The van der Waals surface area contributed by atoms with Crippen molar-refractivity contribution in [2.24, 2.45) is 7.05 Å². The SMILES string of the molecule is Cc1cc(CO)cnc1Sc1nccn1C. The fourth-order valence-corrected chi connectivity index (χ4v) is 2.17. The van der Waals surface area contributed by atoms with Gasteiger partial charge in [0.2, 0.25) is 0 Å². The van der Waals surface area contributed by atoms with E-state index < -0.39 is 0 Å². The molecule has 0 bridgehead atoms. The third-order valence-corrected chi connectivity index (χ3v) is 3.43. The summed E-state index contributed by atoms with van der Waals surface area (Å²) in [6, 6.07) is 1.94. The van der Waals surface area contributed by atoms with Crippen molar-refractivity contribution in [2.75, 3.05) is 0 Å². The molecule has 84 valence electrons. The third-order valence-electron chi connectivity index (χ3n) is 2.23. The summed E-state index contributed by atoms with van der Waals surface area (Å²) in [4.78, 5) is 8.55. The van der Waals surface area contributed by atoms with Crippen molar-refractivity contribution in [1.29, 1.82) is 0 Å². The van der Waals surface area contributed by atoms with E-state index in [1.807, 2.05) is 30.8 Å². The molecule has 2 rings (SSSR count). The Kier molecular flexibility index (Phi) is 3.26. The van der Waals surface area contributed by atoms with Gasteiger partial charge in [-0.05, 0) is 35.9 Å². The summed E-state index contributed by atoms with van der Waals surface area (Å²) in [5.41, 5.74) is 1.89. The molecule has 0 aliphatic carbocycles. The Labute approximate surface area is 98.4 Å². The van der Waals surface area contributed by atoms with Crippen LogP contribution in [-0.4, -0.2) is 19.6 Å². The van der Waals surface area contributed by atoms with E-state index in [1.54, 1.807) is 12.4 Å². The van der Waals surface area contributed by atoms with Crippen LogP contribution in [0, 0.1) is 6.92 Å². The second kappa shape index (κ2) is 4.67. The molecule has 0 radical (unpaired) electrons. The monoisotopic (exact) mass is 235 g/mol. The summed E-state index contributed by atoms with van der Waals surface area (Å²) < 4.78 is 1.95. The first-order chi connectivity index (χ1) is 7.70. The van der Waals surface area contributed by atoms with Gasteiger partial charge in [0, 0.05) is 25.6 Å². The van der Waals surface area contributed by atoms with Gasteiger partial charge in [-0.1, -0.05) is 0 Å². The van der Waals surface area contributed by atoms with Crippen LogP contribution in [0.5, 0.6) is 0 Å². The number of nitrogens with zero attached hydrogens (tertiary/aromatic N) is 3. The molecule has 0 fully saturated rings. The number of aliphatic hydroxyl groups is 1. The molecule has 2 heterocycles. The molecule has 0 saturated heterocycles. The van der Waals surface area contributed by atoms with Gasteiger partial charge >= 0.3 is 0 Å². The Morgan fingerprint density at radius 1 is 1.44 bits per heavy atom. The second-order valence-corrected chi connectivity index (χ2v) is 4.50. The molecule has 1 N–H and O–H groups in total. The zero-order valence-corrected chi connectivity index (χ0v) is 10.0. The zero-order chi connectivity index (χ0) is 11.5. The minimum atomic E-state index is 0.0290. The molecule has 4 nitrogen and oxygen atoms in total. The molecule has 0 spiro atoms. The molecule has 2 aromatic heterocycles. The number of imidazole rings is 1. The number of rotatable bonds is 3. The highest BCUT2D eigenvalue weighted by molar-refractivity contribution is 7.99. The van der Waals surface area contributed by atoms with Gasteiger partial charge in [-0.25, -0.2) is 9.97 Å². The maximum atomic E-state index is 8.99. The Morgan fingerprint density at radius 2 is 2.25 bits per heavy atom. The highest BCUT2D eigenvalue weighted by Crippen LogP contribution is 2.26. The topological polar surface area (TPSA) is 50.9 Å². The molecule has 2 aromatic rings. The second-order valence-electron chi connectivity index (χ2n) is 3.55. The smallest absolute Gasteiger partial charge is 0.174 e. The minimum absolute atomic E-state index is 0.0290. The molecule has 0 aliphatic rings. The normalized spacial score (nSPS) is 10.7. The zero-order valence-electron chi connectivity index (χ0n) is 9.21. The van der Waals surface area contributed by atoms with Crippen molar-refractivity contribution < 1.29 is 5.11 Å².